The fourth-order valence-electron chi connectivity index (χ4n) is 6.97. The maximum Gasteiger partial charge on any atom is 0.261 e. The molecule has 6 N–H and O–H groups in total. The molecule has 12 rings (SSSR count). The molecule has 762 valence electrons. The van der Waals surface area contributed by atoms with Crippen LogP contribution in [0.1, 0.15) is 156 Å². The predicted octanol–water partition coefficient (Wildman–Crippen LogP) is 26.9. The van der Waals surface area contributed by atoms with E-state index in [1.54, 1.807) is 44.4 Å². The highest BCUT2D eigenvalue weighted by Crippen LogP contribution is 2.13. The largest absolute Gasteiger partial charge is 0.497 e. The summed E-state index contributed by atoms with van der Waals surface area (Å²) in [6, 6.07) is 112. The van der Waals surface area contributed by atoms with Gasteiger partial charge in [0.05, 0.1) is 37.0 Å². The van der Waals surface area contributed by atoms with E-state index in [0.717, 1.165) is 59.4 Å². The fourth-order valence-corrected chi connectivity index (χ4v) is 7.90. The third-order valence-corrected chi connectivity index (χ3v) is 13.7. The van der Waals surface area contributed by atoms with Gasteiger partial charge >= 0.3 is 0 Å². The number of benzene rings is 12. The molecule has 33 heteroatoms. The van der Waals surface area contributed by atoms with Crippen LogP contribution in [0.25, 0.3) is 21.5 Å². The lowest BCUT2D eigenvalue weighted by Gasteiger charge is -1.93. The van der Waals surface area contributed by atoms with Gasteiger partial charge < -0.3 is 9.53 Å². The minimum atomic E-state index is -3.67. The standard InChI is InChI=1S/2C10H8.C8H8O.C7H8O2S.C7H8O.5C7H8.C3H6O.2C2H6O3S.C2H6O2S.6C2H6.4CH4O3S/c2*1-2-6-10-8-4-3-7-9(10)5-1;1-7(9)8-5-3-2-4-6-8;1-10(8,9)7-5-3-2-4-6-7;1-8-7-5-3-2-4-6-7;5*1-7-5-3-2-4-6-7;1-3(2)4;2*1-2-6-5-4-3;1-5(2,3)4;6*1-2;4*1-5(2,3)4/h2*1-8H;2-6H,1H3;2-6H,1H3;2-6H,1H3;5*2-6H,1H3;1-2H3;2*3H,2H2,1H3;1-2H3;6*1-2H3;4*1H3,(H,2,3,4). The molecule has 0 aliphatic heterocycles. The normalized spacial score (nSPS) is 9.10. The van der Waals surface area contributed by atoms with E-state index in [2.05, 4.69) is 211 Å². The van der Waals surface area contributed by atoms with Gasteiger partial charge in [-0.05, 0) is 101 Å². The maximum atomic E-state index is 10.8. The van der Waals surface area contributed by atoms with Crippen LogP contribution in [0.3, 0.4) is 0 Å². The lowest BCUT2D eigenvalue weighted by Crippen LogP contribution is -1.95. The number of carbonyl (C=O) groups excluding carboxylic acids is 2. The van der Waals surface area contributed by atoms with Crippen LogP contribution in [0.15, 0.2) is 345 Å². The number of hydrogen-bond acceptors (Lipinski definition) is 23. The van der Waals surface area contributed by atoms with Crippen LogP contribution in [-0.4, -0.2) is 153 Å². The van der Waals surface area contributed by atoms with Crippen molar-refractivity contribution in [1.29, 1.82) is 0 Å². The number of ether oxygens (including phenoxy) is 1. The topological polar surface area (TPSA) is 407 Å². The van der Waals surface area contributed by atoms with Gasteiger partial charge in [-0.3, -0.25) is 23.0 Å². The van der Waals surface area contributed by atoms with Gasteiger partial charge in [0.15, 0.2) is 15.6 Å². The molecule has 0 saturated heterocycles. The van der Waals surface area contributed by atoms with E-state index < -0.39 is 60.1 Å². The summed E-state index contributed by atoms with van der Waals surface area (Å²) < 4.78 is 157. The van der Waals surface area contributed by atoms with Crippen LogP contribution in [0.2, 0.25) is 0 Å². The summed E-state index contributed by atoms with van der Waals surface area (Å²) >= 11 is 2.07. The number of fused-ring (bicyclic) bond motifs is 2. The fraction of sp³-hybridized carbons (Fsp3) is 0.314. The van der Waals surface area contributed by atoms with Crippen molar-refractivity contribution in [3.63, 3.8) is 0 Å². The molecule has 0 spiro atoms. The first-order chi connectivity index (χ1) is 63.3. The molecule has 0 amide bonds. The molecule has 0 heterocycles. The summed E-state index contributed by atoms with van der Waals surface area (Å²) in [5.41, 5.74) is 7.38. The highest BCUT2D eigenvalue weighted by atomic mass is 32.2. The smallest absolute Gasteiger partial charge is 0.261 e. The van der Waals surface area contributed by atoms with E-state index in [0.29, 0.717) is 29.9 Å². The minimum absolute atomic E-state index is 0.121. The molecule has 0 atom stereocenters. The lowest BCUT2D eigenvalue weighted by molar-refractivity contribution is -0.432. The summed E-state index contributed by atoms with van der Waals surface area (Å²) in [4.78, 5) is 20.5. The molecule has 0 saturated carbocycles. The number of rotatable bonds is 9. The van der Waals surface area contributed by atoms with Crippen molar-refractivity contribution in [2.24, 2.45) is 0 Å². The van der Waals surface area contributed by atoms with Crippen molar-refractivity contribution in [2.45, 2.75) is 157 Å². The Hall–Kier alpha value is -9.70. The summed E-state index contributed by atoms with van der Waals surface area (Å²) in [5.74, 6) is 2.73. The number of para-hydroxylation sites is 1. The van der Waals surface area contributed by atoms with Crippen molar-refractivity contribution < 1.29 is 112 Å². The van der Waals surface area contributed by atoms with Crippen molar-refractivity contribution >= 4 is 117 Å². The number of aryl methyl sites for hydroxylation is 5. The van der Waals surface area contributed by atoms with Crippen molar-refractivity contribution in [3.8, 4) is 5.75 Å². The van der Waals surface area contributed by atoms with Gasteiger partial charge in [-0.2, -0.15) is 33.7 Å². The Kier molecular flexibility index (Phi) is 119. The predicted molar refractivity (Wildman–Crippen MR) is 574 cm³/mol. The molecule has 12 aromatic rings. The third kappa shape index (κ3) is 159. The summed E-state index contributed by atoms with van der Waals surface area (Å²) in [5, 5.41) is 26.6. The molecular formula is C102H156O25S8. The second kappa shape index (κ2) is 106. The quantitative estimate of drug-likeness (QED) is 0.0195. The molecule has 135 heavy (non-hydrogen) atoms. The number of sulfone groups is 2. The molecule has 0 fully saturated rings. The van der Waals surface area contributed by atoms with Gasteiger partial charge in [-0.25, -0.2) is 27.4 Å². The summed E-state index contributed by atoms with van der Waals surface area (Å²) in [7, 11) is -18.7. The van der Waals surface area contributed by atoms with Gasteiger partial charge in [0.2, 0.25) is 0 Å². The van der Waals surface area contributed by atoms with Gasteiger partial charge in [0.1, 0.15) is 21.4 Å². The van der Waals surface area contributed by atoms with Crippen molar-refractivity contribution in [2.75, 3.05) is 62.4 Å². The van der Waals surface area contributed by atoms with Crippen LogP contribution in [0.4, 0.5) is 0 Å². The summed E-state index contributed by atoms with van der Waals surface area (Å²) in [6.07, 6.45) is 6.38. The number of hydrogen-bond donors (Lipinski definition) is 6. The first-order valence-electron chi connectivity index (χ1n) is 42.2. The highest BCUT2D eigenvalue weighted by molar-refractivity contribution is 7.94. The zero-order valence-corrected chi connectivity index (χ0v) is 91.0. The van der Waals surface area contributed by atoms with Crippen molar-refractivity contribution in [1.82, 2.24) is 0 Å². The Bertz CT molecular complexity index is 4590. The second-order valence-corrected chi connectivity index (χ2v) is 36.6. The maximum absolute atomic E-state index is 10.8. The average molecular weight is 2040 g/mol. The molecule has 12 aromatic carbocycles. The lowest BCUT2D eigenvalue weighted by atomic mass is 10.1. The Morgan fingerprint density at radius 2 is 0.415 bits per heavy atom. The van der Waals surface area contributed by atoms with E-state index in [4.69, 9.17) is 33.5 Å². The van der Waals surface area contributed by atoms with Crippen LogP contribution >= 0.6 is 24.1 Å². The van der Waals surface area contributed by atoms with Gasteiger partial charge in [0.25, 0.3) is 40.5 Å². The summed E-state index contributed by atoms with van der Waals surface area (Å²) in [6.45, 7) is 42.8. The van der Waals surface area contributed by atoms with Gasteiger partial charge in [0, 0.05) is 59.9 Å². The minimum Gasteiger partial charge on any atom is -0.497 e. The van der Waals surface area contributed by atoms with Gasteiger partial charge in [-0.15, -0.1) is 8.67 Å². The SMILES string of the molecule is CC.CC.CC.CC.CC.CC.CC(=O)c1ccccc1.CC(C)=O.CCSOOO.CCSOOO.COc1ccccc1.CS(=O)(=O)O.CS(=O)(=O)O.CS(=O)(=O)O.CS(=O)(=O)O.CS(=O)(=O)c1ccccc1.CS(C)(=O)=O.Cc1ccccc1.Cc1ccccc1.Cc1ccccc1.Cc1ccccc1.Cc1ccccc1.c1ccc2ccccc2c1.c1ccc2ccccc2c1. The highest BCUT2D eigenvalue weighted by Gasteiger charge is 2.03. The van der Waals surface area contributed by atoms with Crippen LogP contribution in [-0.2, 0) is 83.7 Å². The molecular weight excluding hydrogens is 1880 g/mol. The Labute approximate surface area is 821 Å². The number of ketones is 2. The van der Waals surface area contributed by atoms with Crippen LogP contribution in [0, 0.1) is 34.6 Å². The monoisotopic (exact) mass is 2040 g/mol. The first kappa shape index (κ1) is 151. The van der Waals surface area contributed by atoms with E-state index >= 15 is 0 Å². The van der Waals surface area contributed by atoms with E-state index in [1.165, 1.54) is 69.5 Å². The zero-order valence-electron chi connectivity index (χ0n) is 84.5. The number of methoxy groups -OCH3 is 1. The number of Topliss-reactive ketones (excluding diaryl/α,β-unsaturated/α-hetero) is 2. The van der Waals surface area contributed by atoms with Gasteiger partial charge in [-0.1, -0.05) is 450 Å². The van der Waals surface area contributed by atoms with E-state index in [1.807, 2.05) is 249 Å². The molecule has 0 bridgehead atoms. The van der Waals surface area contributed by atoms with Crippen LogP contribution < -0.4 is 4.74 Å². The van der Waals surface area contributed by atoms with Crippen molar-refractivity contribution in [3.05, 3.63) is 373 Å². The van der Waals surface area contributed by atoms with E-state index in [-0.39, 0.29) is 11.6 Å². The average Bonchev–Trinajstić information content (AvgIpc) is 0.877. The Morgan fingerprint density at radius 1 is 0.274 bits per heavy atom. The Balaban J connectivity index is -0.000000118. The second-order valence-electron chi connectivity index (χ2n) is 24.6. The van der Waals surface area contributed by atoms with Crippen LogP contribution in [0.5, 0.6) is 5.75 Å². The molecule has 0 radical (unpaired) electrons. The zero-order chi connectivity index (χ0) is 107. The number of carbonyl (C=O) groups is 2. The molecule has 0 aliphatic rings. The molecule has 25 nitrogen and oxygen atoms in total. The molecule has 0 aromatic heterocycles. The first-order valence-corrected chi connectivity index (χ1v) is 55.6. The molecule has 0 unspecified atom stereocenters. The Morgan fingerprint density at radius 3 is 0.504 bits per heavy atom. The molecule has 0 aliphatic carbocycles. The third-order valence-electron chi connectivity index (χ3n) is 11.7. The van der Waals surface area contributed by atoms with E-state index in [9.17, 15) is 60.1 Å².